The molecular formula is C16H13NO4. The number of aromatic nitrogens is 1. The molecule has 5 nitrogen and oxygen atoms in total. The normalized spacial score (nSPS) is 10.6. The van der Waals surface area contributed by atoms with Crippen molar-refractivity contribution >= 4 is 10.9 Å². The monoisotopic (exact) mass is 283 g/mol. The zero-order chi connectivity index (χ0) is 14.8. The third-order valence-electron chi connectivity index (χ3n) is 3.17. The molecule has 1 heterocycles. The Labute approximate surface area is 120 Å². The molecule has 0 aliphatic rings. The van der Waals surface area contributed by atoms with E-state index < -0.39 is 5.63 Å². The summed E-state index contributed by atoms with van der Waals surface area (Å²) in [5, 5.41) is 0.453. The highest BCUT2D eigenvalue weighted by Crippen LogP contribution is 2.32. The largest absolute Gasteiger partial charge is 0.497 e. The summed E-state index contributed by atoms with van der Waals surface area (Å²) in [4.78, 5) is 16.4. The second-order valence-electron chi connectivity index (χ2n) is 4.39. The van der Waals surface area contributed by atoms with E-state index in [0.717, 1.165) is 0 Å². The molecule has 0 unspecified atom stereocenters. The number of hydrogen-bond donors (Lipinski definition) is 0. The summed E-state index contributed by atoms with van der Waals surface area (Å²) < 4.78 is 15.8. The van der Waals surface area contributed by atoms with Crippen LogP contribution in [0.3, 0.4) is 0 Å². The van der Waals surface area contributed by atoms with Crippen LogP contribution in [0.2, 0.25) is 0 Å². The van der Waals surface area contributed by atoms with Gasteiger partial charge in [-0.3, -0.25) is 0 Å². The van der Waals surface area contributed by atoms with E-state index in [1.54, 1.807) is 43.5 Å². The van der Waals surface area contributed by atoms with Gasteiger partial charge in [0.25, 0.3) is 0 Å². The first-order valence-electron chi connectivity index (χ1n) is 6.35. The highest BCUT2D eigenvalue weighted by Gasteiger charge is 2.13. The van der Waals surface area contributed by atoms with Crippen LogP contribution in [0.25, 0.3) is 22.4 Å². The number of benzene rings is 2. The lowest BCUT2D eigenvalue weighted by Crippen LogP contribution is -2.03. The Morgan fingerprint density at radius 2 is 1.86 bits per heavy atom. The van der Waals surface area contributed by atoms with Crippen LogP contribution in [0, 0.1) is 0 Å². The maximum atomic E-state index is 12.0. The Bertz CT molecular complexity index is 854. The minimum atomic E-state index is -0.423. The maximum absolute atomic E-state index is 12.0. The zero-order valence-electron chi connectivity index (χ0n) is 11.6. The van der Waals surface area contributed by atoms with Gasteiger partial charge in [0.05, 0.1) is 30.7 Å². The van der Waals surface area contributed by atoms with Crippen molar-refractivity contribution in [1.82, 2.24) is 4.98 Å². The number of ether oxygens (including phenoxy) is 2. The van der Waals surface area contributed by atoms with Crippen molar-refractivity contribution in [2.45, 2.75) is 0 Å². The molecule has 0 atom stereocenters. The van der Waals surface area contributed by atoms with Crippen LogP contribution >= 0.6 is 0 Å². The van der Waals surface area contributed by atoms with E-state index in [1.165, 1.54) is 7.11 Å². The summed E-state index contributed by atoms with van der Waals surface area (Å²) in [6.45, 7) is 0. The highest BCUT2D eigenvalue weighted by atomic mass is 16.5. The average molecular weight is 283 g/mol. The number of rotatable bonds is 3. The van der Waals surface area contributed by atoms with E-state index in [4.69, 9.17) is 13.9 Å². The van der Waals surface area contributed by atoms with Gasteiger partial charge in [-0.1, -0.05) is 12.1 Å². The van der Waals surface area contributed by atoms with E-state index >= 15 is 0 Å². The number of para-hydroxylation sites is 1. The van der Waals surface area contributed by atoms with Crippen LogP contribution in [-0.4, -0.2) is 19.2 Å². The Morgan fingerprint density at radius 3 is 2.62 bits per heavy atom. The summed E-state index contributed by atoms with van der Waals surface area (Å²) in [5.74, 6) is 1.40. The second-order valence-corrected chi connectivity index (χ2v) is 4.39. The van der Waals surface area contributed by atoms with Crippen LogP contribution in [-0.2, 0) is 0 Å². The molecule has 1 aromatic heterocycles. The molecule has 0 saturated heterocycles. The van der Waals surface area contributed by atoms with Gasteiger partial charge in [0.15, 0.2) is 0 Å². The Kier molecular flexibility index (Phi) is 3.31. The molecule has 106 valence electrons. The Morgan fingerprint density at radius 1 is 1.05 bits per heavy atom. The summed E-state index contributed by atoms with van der Waals surface area (Å²) in [6, 6.07) is 12.3. The van der Waals surface area contributed by atoms with Gasteiger partial charge in [0, 0.05) is 6.07 Å². The Hall–Kier alpha value is -2.82. The fraction of sp³-hybridized carbons (Fsp3) is 0.125. The van der Waals surface area contributed by atoms with Crippen molar-refractivity contribution in [2.24, 2.45) is 0 Å². The first-order valence-corrected chi connectivity index (χ1v) is 6.35. The first-order chi connectivity index (χ1) is 10.2. The van der Waals surface area contributed by atoms with Gasteiger partial charge < -0.3 is 13.9 Å². The average Bonchev–Trinajstić information content (AvgIpc) is 2.54. The molecule has 3 rings (SSSR count). The van der Waals surface area contributed by atoms with Gasteiger partial charge in [0.1, 0.15) is 11.5 Å². The molecule has 0 amide bonds. The van der Waals surface area contributed by atoms with Gasteiger partial charge in [-0.05, 0) is 24.3 Å². The molecule has 0 aliphatic heterocycles. The number of fused-ring (bicyclic) bond motifs is 1. The van der Waals surface area contributed by atoms with Crippen molar-refractivity contribution in [3.63, 3.8) is 0 Å². The lowest BCUT2D eigenvalue weighted by Gasteiger charge is -2.09. The summed E-state index contributed by atoms with van der Waals surface area (Å²) in [5.41, 5.74) is 0.760. The fourth-order valence-electron chi connectivity index (χ4n) is 2.11. The zero-order valence-corrected chi connectivity index (χ0v) is 11.6. The van der Waals surface area contributed by atoms with Crippen LogP contribution in [0.1, 0.15) is 0 Å². The summed E-state index contributed by atoms with van der Waals surface area (Å²) in [6.07, 6.45) is 0. The summed E-state index contributed by atoms with van der Waals surface area (Å²) in [7, 11) is 3.11. The predicted molar refractivity (Wildman–Crippen MR) is 78.8 cm³/mol. The molecule has 0 bridgehead atoms. The van der Waals surface area contributed by atoms with Crippen LogP contribution in [0.15, 0.2) is 51.7 Å². The lowest BCUT2D eigenvalue weighted by molar-refractivity contribution is 0.393. The topological polar surface area (TPSA) is 61.6 Å². The van der Waals surface area contributed by atoms with Crippen molar-refractivity contribution in [3.8, 4) is 23.0 Å². The molecule has 2 aromatic carbocycles. The molecule has 0 aliphatic carbocycles. The molecule has 0 radical (unpaired) electrons. The molecule has 5 heteroatoms. The van der Waals surface area contributed by atoms with Crippen LogP contribution in [0.5, 0.6) is 11.5 Å². The van der Waals surface area contributed by atoms with Gasteiger partial charge in [-0.25, -0.2) is 9.78 Å². The van der Waals surface area contributed by atoms with E-state index in [0.29, 0.717) is 28.0 Å². The molecule has 0 N–H and O–H groups in total. The number of methoxy groups -OCH3 is 2. The number of hydrogen-bond acceptors (Lipinski definition) is 5. The maximum Gasteiger partial charge on any atom is 0.347 e. The smallest absolute Gasteiger partial charge is 0.347 e. The van der Waals surface area contributed by atoms with Gasteiger partial charge in [0.2, 0.25) is 5.89 Å². The third-order valence-corrected chi connectivity index (χ3v) is 3.17. The third kappa shape index (κ3) is 2.33. The minimum Gasteiger partial charge on any atom is -0.497 e. The molecule has 0 saturated carbocycles. The second kappa shape index (κ2) is 5.28. The standard InChI is InChI=1S/C16H13NO4/c1-19-10-7-8-12(14(9-10)20-2)15-17-13-6-4-3-5-11(13)16(18)21-15/h3-9H,1-2H3. The van der Waals surface area contributed by atoms with Crippen LogP contribution < -0.4 is 15.1 Å². The van der Waals surface area contributed by atoms with Crippen molar-refractivity contribution in [3.05, 3.63) is 52.9 Å². The van der Waals surface area contributed by atoms with Crippen molar-refractivity contribution in [1.29, 1.82) is 0 Å². The fourth-order valence-corrected chi connectivity index (χ4v) is 2.11. The van der Waals surface area contributed by atoms with Gasteiger partial charge in [-0.15, -0.1) is 0 Å². The number of nitrogens with zero attached hydrogens (tertiary/aromatic N) is 1. The van der Waals surface area contributed by atoms with Crippen LogP contribution in [0.4, 0.5) is 0 Å². The van der Waals surface area contributed by atoms with E-state index in [-0.39, 0.29) is 5.89 Å². The molecular weight excluding hydrogens is 270 g/mol. The highest BCUT2D eigenvalue weighted by molar-refractivity contribution is 5.79. The molecule has 21 heavy (non-hydrogen) atoms. The van der Waals surface area contributed by atoms with E-state index in [9.17, 15) is 4.79 Å². The lowest BCUT2D eigenvalue weighted by atomic mass is 10.1. The van der Waals surface area contributed by atoms with Crippen molar-refractivity contribution in [2.75, 3.05) is 14.2 Å². The Balaban J connectivity index is 2.23. The molecule has 0 spiro atoms. The molecule has 0 fully saturated rings. The SMILES string of the molecule is COc1ccc(-c2nc3ccccc3c(=O)o2)c(OC)c1. The minimum absolute atomic E-state index is 0.221. The van der Waals surface area contributed by atoms with Gasteiger partial charge in [-0.2, -0.15) is 0 Å². The predicted octanol–water partition coefficient (Wildman–Crippen LogP) is 2.87. The van der Waals surface area contributed by atoms with E-state index in [1.807, 2.05) is 6.07 Å². The first kappa shape index (κ1) is 13.2. The molecule has 3 aromatic rings. The quantitative estimate of drug-likeness (QED) is 0.739. The van der Waals surface area contributed by atoms with Gasteiger partial charge >= 0.3 is 5.63 Å². The summed E-state index contributed by atoms with van der Waals surface area (Å²) >= 11 is 0. The van der Waals surface area contributed by atoms with Crippen molar-refractivity contribution < 1.29 is 13.9 Å². The van der Waals surface area contributed by atoms with E-state index in [2.05, 4.69) is 4.98 Å².